The Morgan fingerprint density at radius 3 is 2.77 bits per heavy atom. The summed E-state index contributed by atoms with van der Waals surface area (Å²) in [5, 5.41) is 11.1. The molecule has 4 rings (SSSR count). The van der Waals surface area contributed by atoms with Crippen molar-refractivity contribution in [3.63, 3.8) is 0 Å². The number of esters is 1. The Morgan fingerprint density at radius 1 is 1.15 bits per heavy atom. The van der Waals surface area contributed by atoms with E-state index in [0.29, 0.717) is 17.1 Å². The summed E-state index contributed by atoms with van der Waals surface area (Å²) in [6.07, 6.45) is 1.52. The molecule has 0 N–H and O–H groups in total. The van der Waals surface area contributed by atoms with Crippen molar-refractivity contribution in [2.24, 2.45) is 4.99 Å². The van der Waals surface area contributed by atoms with Crippen LogP contribution in [-0.4, -0.2) is 23.6 Å². The predicted octanol–water partition coefficient (Wildman–Crippen LogP) is 3.32. The lowest BCUT2D eigenvalue weighted by molar-refractivity contribution is -0.384. The number of ether oxygens (including phenoxy) is 3. The Morgan fingerprint density at radius 2 is 1.96 bits per heavy atom. The van der Waals surface area contributed by atoms with Gasteiger partial charge in [-0.1, -0.05) is 17.7 Å². The van der Waals surface area contributed by atoms with E-state index in [0.717, 1.165) is 0 Å². The number of hydrogen-bond acceptors (Lipinski definition) is 7. The molecule has 0 unspecified atom stereocenters. The minimum atomic E-state index is -0.680. The summed E-state index contributed by atoms with van der Waals surface area (Å²) in [4.78, 5) is 26.6. The van der Waals surface area contributed by atoms with Gasteiger partial charge in [-0.25, -0.2) is 9.79 Å². The van der Waals surface area contributed by atoms with E-state index in [-0.39, 0.29) is 34.7 Å². The number of nitro benzene ring substituents is 1. The number of cyclic esters (lactones) is 1. The van der Waals surface area contributed by atoms with Gasteiger partial charge in [0.1, 0.15) is 0 Å². The van der Waals surface area contributed by atoms with Crippen molar-refractivity contribution in [1.29, 1.82) is 0 Å². The van der Waals surface area contributed by atoms with Crippen LogP contribution in [0.3, 0.4) is 0 Å². The predicted molar refractivity (Wildman–Crippen MR) is 91.3 cm³/mol. The molecule has 2 aliphatic rings. The number of nitro groups is 1. The van der Waals surface area contributed by atoms with Crippen LogP contribution in [0.15, 0.2) is 47.1 Å². The fraction of sp³-hybridized carbons (Fsp3) is 0.0588. The van der Waals surface area contributed by atoms with Crippen LogP contribution in [0.5, 0.6) is 11.5 Å². The molecule has 0 radical (unpaired) electrons. The quantitative estimate of drug-likeness (QED) is 0.354. The van der Waals surface area contributed by atoms with Crippen molar-refractivity contribution >= 4 is 35.2 Å². The minimum Gasteiger partial charge on any atom is -0.454 e. The van der Waals surface area contributed by atoms with Gasteiger partial charge in [0.15, 0.2) is 17.2 Å². The van der Waals surface area contributed by atoms with E-state index in [1.54, 1.807) is 18.2 Å². The zero-order valence-corrected chi connectivity index (χ0v) is 13.7. The van der Waals surface area contributed by atoms with Gasteiger partial charge in [-0.2, -0.15) is 0 Å². The smallest absolute Gasteiger partial charge is 0.363 e. The van der Waals surface area contributed by atoms with Gasteiger partial charge in [-0.15, -0.1) is 0 Å². The molecule has 26 heavy (non-hydrogen) atoms. The maximum atomic E-state index is 12.1. The maximum Gasteiger partial charge on any atom is 0.363 e. The topological polar surface area (TPSA) is 100 Å². The van der Waals surface area contributed by atoms with E-state index >= 15 is 0 Å². The highest BCUT2D eigenvalue weighted by Crippen LogP contribution is 2.34. The number of benzene rings is 2. The highest BCUT2D eigenvalue weighted by atomic mass is 35.5. The number of carbonyl (C=O) groups excluding carboxylic acids is 1. The second-order valence-electron chi connectivity index (χ2n) is 5.37. The number of rotatable bonds is 3. The summed E-state index contributed by atoms with van der Waals surface area (Å²) in [7, 11) is 0. The highest BCUT2D eigenvalue weighted by molar-refractivity contribution is 6.34. The Hall–Kier alpha value is -3.39. The second kappa shape index (κ2) is 6.16. The average molecular weight is 373 g/mol. The van der Waals surface area contributed by atoms with Gasteiger partial charge in [-0.05, 0) is 29.8 Å². The van der Waals surface area contributed by atoms with Crippen LogP contribution in [0.1, 0.15) is 11.1 Å². The van der Waals surface area contributed by atoms with Crippen LogP contribution < -0.4 is 9.47 Å². The molecule has 2 aromatic rings. The number of carbonyl (C=O) groups is 1. The molecule has 2 heterocycles. The first kappa shape index (κ1) is 16.1. The summed E-state index contributed by atoms with van der Waals surface area (Å²) >= 11 is 6.06. The molecule has 2 aliphatic heterocycles. The summed E-state index contributed by atoms with van der Waals surface area (Å²) in [5.41, 5.74) is 0.692. The number of aliphatic imine (C=N–C) groups is 1. The van der Waals surface area contributed by atoms with Gasteiger partial charge in [0.05, 0.1) is 15.5 Å². The number of non-ortho nitro benzene ring substituents is 1. The lowest BCUT2D eigenvalue weighted by Gasteiger charge is -2.02. The summed E-state index contributed by atoms with van der Waals surface area (Å²) < 4.78 is 15.6. The molecule has 2 aromatic carbocycles. The second-order valence-corrected chi connectivity index (χ2v) is 5.78. The minimum absolute atomic E-state index is 0.0430. The molecule has 8 nitrogen and oxygen atoms in total. The van der Waals surface area contributed by atoms with E-state index in [9.17, 15) is 14.9 Å². The summed E-state index contributed by atoms with van der Waals surface area (Å²) in [6, 6.07) is 8.98. The van der Waals surface area contributed by atoms with Gasteiger partial charge in [0.25, 0.3) is 5.69 Å². The largest absolute Gasteiger partial charge is 0.454 e. The molecule has 130 valence electrons. The van der Waals surface area contributed by atoms with Gasteiger partial charge in [0, 0.05) is 12.1 Å². The Kier molecular flexibility index (Phi) is 3.81. The molecule has 0 aromatic heterocycles. The van der Waals surface area contributed by atoms with Crippen molar-refractivity contribution in [1.82, 2.24) is 0 Å². The molecule has 0 aliphatic carbocycles. The fourth-order valence-electron chi connectivity index (χ4n) is 2.48. The number of fused-ring (bicyclic) bond motifs is 1. The van der Waals surface area contributed by atoms with Crippen molar-refractivity contribution in [2.75, 3.05) is 6.79 Å². The fourth-order valence-corrected chi connectivity index (χ4v) is 2.67. The van der Waals surface area contributed by atoms with Crippen LogP contribution in [0, 0.1) is 10.1 Å². The van der Waals surface area contributed by atoms with E-state index in [2.05, 4.69) is 4.99 Å². The lowest BCUT2D eigenvalue weighted by atomic mass is 10.1. The molecule has 0 atom stereocenters. The third-order valence-corrected chi connectivity index (χ3v) is 4.04. The van der Waals surface area contributed by atoms with Crippen LogP contribution in [0.2, 0.25) is 5.02 Å². The van der Waals surface area contributed by atoms with Crippen molar-refractivity contribution in [3.05, 3.63) is 68.4 Å². The molecule has 0 fully saturated rings. The molecule has 0 amide bonds. The first-order chi connectivity index (χ1) is 12.5. The van der Waals surface area contributed by atoms with Crippen LogP contribution in [0.4, 0.5) is 5.69 Å². The Balaban J connectivity index is 1.70. The molecule has 0 saturated carbocycles. The molecule has 9 heteroatoms. The van der Waals surface area contributed by atoms with Crippen molar-refractivity contribution in [3.8, 4) is 11.5 Å². The first-order valence-corrected chi connectivity index (χ1v) is 7.75. The van der Waals surface area contributed by atoms with E-state index in [1.165, 1.54) is 24.3 Å². The van der Waals surface area contributed by atoms with Crippen molar-refractivity contribution < 1.29 is 23.9 Å². The average Bonchev–Trinajstić information content (AvgIpc) is 3.21. The Bertz CT molecular complexity index is 1010. The number of halogens is 1. The van der Waals surface area contributed by atoms with E-state index in [4.69, 9.17) is 25.8 Å². The highest BCUT2D eigenvalue weighted by Gasteiger charge is 2.27. The summed E-state index contributed by atoms with van der Waals surface area (Å²) in [5.74, 6) is 0.418. The first-order valence-electron chi connectivity index (χ1n) is 7.38. The molecular formula is C17H9ClN2O6. The SMILES string of the molecule is O=C1OC(c2cc([N+](=O)[O-])ccc2Cl)=NC1=Cc1ccc2c(c1)OCO2. The van der Waals surface area contributed by atoms with Crippen LogP contribution >= 0.6 is 11.6 Å². The lowest BCUT2D eigenvalue weighted by Crippen LogP contribution is -2.06. The van der Waals surface area contributed by atoms with Gasteiger partial charge >= 0.3 is 5.97 Å². The number of nitrogens with zero attached hydrogens (tertiary/aromatic N) is 2. The van der Waals surface area contributed by atoms with Crippen LogP contribution in [0.25, 0.3) is 6.08 Å². The molecule has 0 spiro atoms. The third kappa shape index (κ3) is 2.86. The molecule has 0 saturated heterocycles. The normalized spacial score (nSPS) is 16.6. The zero-order valence-electron chi connectivity index (χ0n) is 13.0. The summed E-state index contributed by atoms with van der Waals surface area (Å²) in [6.45, 7) is 0.144. The third-order valence-electron chi connectivity index (χ3n) is 3.71. The van der Waals surface area contributed by atoms with Crippen molar-refractivity contribution in [2.45, 2.75) is 0 Å². The molecule has 0 bridgehead atoms. The maximum absolute atomic E-state index is 12.1. The zero-order chi connectivity index (χ0) is 18.3. The van der Waals surface area contributed by atoms with Crippen LogP contribution in [-0.2, 0) is 9.53 Å². The van der Waals surface area contributed by atoms with E-state index < -0.39 is 10.9 Å². The van der Waals surface area contributed by atoms with E-state index in [1.807, 2.05) is 0 Å². The number of hydrogen-bond donors (Lipinski definition) is 0. The van der Waals surface area contributed by atoms with Gasteiger partial charge in [-0.3, -0.25) is 10.1 Å². The Labute approximate surface area is 151 Å². The molecular weight excluding hydrogens is 364 g/mol. The van der Waals surface area contributed by atoms with Gasteiger partial charge in [0.2, 0.25) is 12.7 Å². The van der Waals surface area contributed by atoms with Gasteiger partial charge < -0.3 is 14.2 Å². The standard InChI is InChI=1S/C17H9ClN2O6/c18-12-3-2-10(20(22)23)7-11(12)16-19-13(17(21)26-16)5-9-1-4-14-15(6-9)25-8-24-14/h1-7H,8H2. The monoisotopic (exact) mass is 372 g/mol.